The fourth-order valence-electron chi connectivity index (χ4n) is 1.25. The number of nitrogens with one attached hydrogen (secondary N) is 1. The molecule has 1 aromatic carbocycles. The Balaban J connectivity index is 2.02. The molecule has 1 aliphatic heterocycles. The summed E-state index contributed by atoms with van der Waals surface area (Å²) >= 11 is 1.56. The molecule has 0 spiro atoms. The normalized spacial score (nSPS) is 25.6. The number of rotatable bonds is 2. The fraction of sp³-hybridized carbons (Fsp3) is 0.300. The lowest BCUT2D eigenvalue weighted by Gasteiger charge is -2.11. The smallest absolute Gasteiger partial charge is 0.408 e. The molecule has 1 fully saturated rings. The number of thioether (sulfide) groups is 1. The summed E-state index contributed by atoms with van der Waals surface area (Å²) in [6.45, 7) is 1.94. The third-order valence-electron chi connectivity index (χ3n) is 1.97. The van der Waals surface area contributed by atoms with Gasteiger partial charge < -0.3 is 10.1 Å². The Bertz CT molecular complexity index is 328. The Hall–Kier alpha value is -1.16. The van der Waals surface area contributed by atoms with Gasteiger partial charge in [0.05, 0.1) is 6.04 Å². The molecule has 0 aliphatic carbocycles. The number of benzene rings is 1. The largest absolute Gasteiger partial charge is 0.433 e. The molecule has 1 unspecified atom stereocenters. The first-order valence-electron chi connectivity index (χ1n) is 4.44. The van der Waals surface area contributed by atoms with E-state index in [2.05, 4.69) is 5.32 Å². The molecule has 4 heteroatoms. The molecule has 3 nitrogen and oxygen atoms in total. The summed E-state index contributed by atoms with van der Waals surface area (Å²) in [5, 5.41) is 2.71. The minimum absolute atomic E-state index is 0.0627. The highest BCUT2D eigenvalue weighted by molar-refractivity contribution is 7.99. The van der Waals surface area contributed by atoms with Crippen molar-refractivity contribution < 1.29 is 9.53 Å². The van der Waals surface area contributed by atoms with Crippen molar-refractivity contribution in [3.05, 3.63) is 30.3 Å². The predicted molar refractivity (Wildman–Crippen MR) is 55.2 cm³/mol. The maximum Gasteiger partial charge on any atom is 0.408 e. The standard InChI is InChI=1S/C10H11NO2S/c1-7-9(13-10(12)11-7)14-8-5-3-2-4-6-8/h2-7,9H,1H3,(H,11,12)/t7-,9?/m0/s1. The fourth-order valence-corrected chi connectivity index (χ4v) is 2.25. The molecule has 2 atom stereocenters. The van der Waals surface area contributed by atoms with Gasteiger partial charge in [-0.2, -0.15) is 0 Å². The van der Waals surface area contributed by atoms with Crippen molar-refractivity contribution in [1.82, 2.24) is 5.32 Å². The summed E-state index contributed by atoms with van der Waals surface area (Å²) in [5.74, 6) is 0. The first-order valence-corrected chi connectivity index (χ1v) is 5.32. The second-order valence-electron chi connectivity index (χ2n) is 3.14. The van der Waals surface area contributed by atoms with Gasteiger partial charge in [0, 0.05) is 4.90 Å². The highest BCUT2D eigenvalue weighted by Gasteiger charge is 2.30. The highest BCUT2D eigenvalue weighted by Crippen LogP contribution is 2.28. The van der Waals surface area contributed by atoms with Crippen LogP contribution in [-0.2, 0) is 4.74 Å². The average Bonchev–Trinajstić information content (AvgIpc) is 2.47. The van der Waals surface area contributed by atoms with Gasteiger partial charge >= 0.3 is 6.09 Å². The Morgan fingerprint density at radius 2 is 2.07 bits per heavy atom. The van der Waals surface area contributed by atoms with E-state index in [-0.39, 0.29) is 17.6 Å². The minimum atomic E-state index is -0.328. The lowest BCUT2D eigenvalue weighted by molar-refractivity contribution is 0.167. The van der Waals surface area contributed by atoms with E-state index < -0.39 is 0 Å². The van der Waals surface area contributed by atoms with Gasteiger partial charge in [-0.1, -0.05) is 30.0 Å². The molecular formula is C10H11NO2S. The zero-order valence-corrected chi connectivity index (χ0v) is 8.58. The molecule has 14 heavy (non-hydrogen) atoms. The van der Waals surface area contributed by atoms with Crippen LogP contribution in [0.4, 0.5) is 4.79 Å². The van der Waals surface area contributed by atoms with Gasteiger partial charge in [-0.15, -0.1) is 0 Å². The van der Waals surface area contributed by atoms with Crippen LogP contribution in [0.5, 0.6) is 0 Å². The van der Waals surface area contributed by atoms with Crippen LogP contribution in [0.2, 0.25) is 0 Å². The summed E-state index contributed by atoms with van der Waals surface area (Å²) in [6.07, 6.45) is -0.328. The number of amides is 1. The first-order chi connectivity index (χ1) is 6.75. The minimum Gasteiger partial charge on any atom is -0.433 e. The Morgan fingerprint density at radius 3 is 2.64 bits per heavy atom. The van der Waals surface area contributed by atoms with E-state index in [0.717, 1.165) is 4.90 Å². The molecule has 0 bridgehead atoms. The van der Waals surface area contributed by atoms with Crippen molar-refractivity contribution in [2.24, 2.45) is 0 Å². The monoisotopic (exact) mass is 209 g/mol. The van der Waals surface area contributed by atoms with E-state index in [1.54, 1.807) is 11.8 Å². The quantitative estimate of drug-likeness (QED) is 0.811. The van der Waals surface area contributed by atoms with E-state index in [0.29, 0.717) is 0 Å². The van der Waals surface area contributed by atoms with Gasteiger partial charge in [0.25, 0.3) is 0 Å². The van der Waals surface area contributed by atoms with Crippen molar-refractivity contribution in [1.29, 1.82) is 0 Å². The number of hydrogen-bond acceptors (Lipinski definition) is 3. The van der Waals surface area contributed by atoms with E-state index >= 15 is 0 Å². The maximum atomic E-state index is 10.9. The summed E-state index contributed by atoms with van der Waals surface area (Å²) in [7, 11) is 0. The number of hydrogen-bond donors (Lipinski definition) is 1. The van der Waals surface area contributed by atoms with Crippen LogP contribution in [0.1, 0.15) is 6.92 Å². The molecule has 1 heterocycles. The average molecular weight is 209 g/mol. The van der Waals surface area contributed by atoms with Crippen molar-refractivity contribution >= 4 is 17.9 Å². The predicted octanol–water partition coefficient (Wildman–Crippen LogP) is 2.23. The third-order valence-corrected chi connectivity index (χ3v) is 3.25. The SMILES string of the molecule is C[C@@H]1NC(=O)OC1Sc1ccccc1. The summed E-state index contributed by atoms with van der Waals surface area (Å²) < 4.78 is 5.09. The van der Waals surface area contributed by atoms with Crippen molar-refractivity contribution in [2.45, 2.75) is 23.3 Å². The van der Waals surface area contributed by atoms with Crippen LogP contribution in [0, 0.1) is 0 Å². The summed E-state index contributed by atoms with van der Waals surface area (Å²) in [6, 6.07) is 9.97. The molecule has 0 aromatic heterocycles. The van der Waals surface area contributed by atoms with Crippen molar-refractivity contribution in [3.8, 4) is 0 Å². The van der Waals surface area contributed by atoms with Gasteiger partial charge in [0.2, 0.25) is 0 Å². The van der Waals surface area contributed by atoms with E-state index in [1.807, 2.05) is 37.3 Å². The van der Waals surface area contributed by atoms with Crippen LogP contribution in [-0.4, -0.2) is 17.6 Å². The highest BCUT2D eigenvalue weighted by atomic mass is 32.2. The summed E-state index contributed by atoms with van der Waals surface area (Å²) in [4.78, 5) is 12.0. The lowest BCUT2D eigenvalue weighted by Crippen LogP contribution is -2.25. The number of carbonyl (C=O) groups is 1. The molecule has 1 amide bonds. The molecule has 74 valence electrons. The van der Waals surface area contributed by atoms with Crippen LogP contribution in [0.3, 0.4) is 0 Å². The molecular weight excluding hydrogens is 198 g/mol. The third kappa shape index (κ3) is 2.01. The Kier molecular flexibility index (Phi) is 2.63. The summed E-state index contributed by atoms with van der Waals surface area (Å²) in [5.41, 5.74) is -0.120. The second-order valence-corrected chi connectivity index (χ2v) is 4.31. The molecule has 1 aromatic rings. The van der Waals surface area contributed by atoms with Gasteiger partial charge in [0.15, 0.2) is 5.44 Å². The van der Waals surface area contributed by atoms with Crippen molar-refractivity contribution in [2.75, 3.05) is 0 Å². The van der Waals surface area contributed by atoms with Crippen molar-refractivity contribution in [3.63, 3.8) is 0 Å². The zero-order valence-electron chi connectivity index (χ0n) is 7.77. The van der Waals surface area contributed by atoms with Crippen LogP contribution < -0.4 is 5.32 Å². The van der Waals surface area contributed by atoms with Crippen LogP contribution in [0.25, 0.3) is 0 Å². The maximum absolute atomic E-state index is 10.9. The number of ether oxygens (including phenoxy) is 1. The topological polar surface area (TPSA) is 38.3 Å². The molecule has 0 saturated carbocycles. The van der Waals surface area contributed by atoms with Gasteiger partial charge in [-0.3, -0.25) is 0 Å². The van der Waals surface area contributed by atoms with Gasteiger partial charge in [0.1, 0.15) is 0 Å². The molecule has 1 saturated heterocycles. The number of cyclic esters (lactones) is 1. The molecule has 1 aliphatic rings. The second kappa shape index (κ2) is 3.92. The Labute approximate surface area is 86.8 Å². The van der Waals surface area contributed by atoms with Gasteiger partial charge in [-0.25, -0.2) is 4.79 Å². The lowest BCUT2D eigenvalue weighted by atomic mass is 10.4. The van der Waals surface area contributed by atoms with E-state index in [9.17, 15) is 4.79 Å². The molecule has 1 N–H and O–H groups in total. The number of carbonyl (C=O) groups excluding carboxylic acids is 1. The first kappa shape index (κ1) is 9.40. The van der Waals surface area contributed by atoms with Crippen LogP contribution in [0.15, 0.2) is 35.2 Å². The van der Waals surface area contributed by atoms with Crippen LogP contribution >= 0.6 is 11.8 Å². The zero-order chi connectivity index (χ0) is 9.97. The number of alkyl carbamates (subject to hydrolysis) is 1. The van der Waals surface area contributed by atoms with Gasteiger partial charge in [-0.05, 0) is 19.1 Å². The molecule has 2 rings (SSSR count). The van der Waals surface area contributed by atoms with E-state index in [1.165, 1.54) is 0 Å². The molecule has 0 radical (unpaired) electrons. The van der Waals surface area contributed by atoms with E-state index in [4.69, 9.17) is 4.74 Å². The Morgan fingerprint density at radius 1 is 1.36 bits per heavy atom.